The van der Waals surface area contributed by atoms with Crippen LogP contribution in [0.2, 0.25) is 0 Å². The van der Waals surface area contributed by atoms with Crippen molar-refractivity contribution in [2.45, 2.75) is 17.7 Å². The maximum atomic E-state index is 11.9. The van der Waals surface area contributed by atoms with Gasteiger partial charge in [-0.15, -0.1) is 11.8 Å². The molecule has 0 fully saturated rings. The van der Waals surface area contributed by atoms with Crippen LogP contribution in [-0.2, 0) is 0 Å². The Balaban J connectivity index is 2.32. The highest BCUT2D eigenvalue weighted by atomic mass is 32.2. The Hall–Kier alpha value is -1.28. The molecule has 0 aliphatic carbocycles. The molecule has 0 saturated heterocycles. The van der Waals surface area contributed by atoms with E-state index in [1.54, 1.807) is 0 Å². The van der Waals surface area contributed by atoms with Crippen molar-refractivity contribution < 1.29 is 4.79 Å². The van der Waals surface area contributed by atoms with E-state index in [1.807, 2.05) is 30.0 Å². The number of hydrogen-bond donors (Lipinski definition) is 0. The third kappa shape index (κ3) is 1.54. The monoisotopic (exact) mass is 228 g/mol. The highest BCUT2D eigenvalue weighted by Crippen LogP contribution is 2.35. The molecule has 2 aromatic rings. The molecule has 3 rings (SSSR count). The second kappa shape index (κ2) is 3.95. The molecule has 0 unspecified atom stereocenters. The van der Waals surface area contributed by atoms with Crippen molar-refractivity contribution in [1.82, 2.24) is 0 Å². The summed E-state index contributed by atoms with van der Waals surface area (Å²) in [4.78, 5) is 13.1. The minimum absolute atomic E-state index is 0.297. The van der Waals surface area contributed by atoms with E-state index in [2.05, 4.69) is 18.2 Å². The predicted octanol–water partition coefficient (Wildman–Crippen LogP) is 3.91. The third-order valence-corrected chi connectivity index (χ3v) is 4.20. The van der Waals surface area contributed by atoms with E-state index in [0.717, 1.165) is 17.7 Å². The molecule has 2 heteroatoms. The Morgan fingerprint density at radius 2 is 1.94 bits per heavy atom. The molecule has 0 N–H and O–H groups in total. The van der Waals surface area contributed by atoms with Crippen LogP contribution in [0.5, 0.6) is 0 Å². The average Bonchev–Trinajstić information content (AvgIpc) is 2.52. The van der Waals surface area contributed by atoms with Crippen LogP contribution in [0.4, 0.5) is 0 Å². The Kier molecular flexibility index (Phi) is 2.44. The number of fused-ring (bicyclic) bond motifs is 3. The lowest BCUT2D eigenvalue weighted by atomic mass is 10.0. The molecular formula is C14H12OS. The molecule has 0 bridgehead atoms. The van der Waals surface area contributed by atoms with Gasteiger partial charge in [-0.25, -0.2) is 0 Å². The SMILES string of the molecule is O=C1CCCSc2c1ccc1ccccc21. The van der Waals surface area contributed by atoms with Crippen LogP contribution in [0, 0.1) is 0 Å². The van der Waals surface area contributed by atoms with Gasteiger partial charge in [0.2, 0.25) is 0 Å². The Morgan fingerprint density at radius 1 is 1.06 bits per heavy atom. The summed E-state index contributed by atoms with van der Waals surface area (Å²) in [5, 5.41) is 2.45. The Labute approximate surface area is 98.9 Å². The van der Waals surface area contributed by atoms with Gasteiger partial charge >= 0.3 is 0 Å². The van der Waals surface area contributed by atoms with Crippen molar-refractivity contribution in [1.29, 1.82) is 0 Å². The van der Waals surface area contributed by atoms with Gasteiger partial charge in [0.05, 0.1) is 0 Å². The van der Waals surface area contributed by atoms with Gasteiger partial charge in [-0.05, 0) is 29.0 Å². The largest absolute Gasteiger partial charge is 0.294 e. The lowest BCUT2D eigenvalue weighted by Crippen LogP contribution is -1.98. The smallest absolute Gasteiger partial charge is 0.164 e. The Bertz CT molecular complexity index is 560. The van der Waals surface area contributed by atoms with Crippen molar-refractivity contribution >= 4 is 28.3 Å². The van der Waals surface area contributed by atoms with Gasteiger partial charge < -0.3 is 0 Å². The number of carbonyl (C=O) groups excluding carboxylic acids is 1. The second-order valence-corrected chi connectivity index (χ2v) is 5.14. The lowest BCUT2D eigenvalue weighted by molar-refractivity contribution is 0.0980. The summed E-state index contributed by atoms with van der Waals surface area (Å²) >= 11 is 1.82. The molecule has 0 atom stereocenters. The van der Waals surface area contributed by atoms with E-state index in [4.69, 9.17) is 0 Å². The van der Waals surface area contributed by atoms with Crippen molar-refractivity contribution in [3.63, 3.8) is 0 Å². The third-order valence-electron chi connectivity index (χ3n) is 2.97. The van der Waals surface area contributed by atoms with Crippen molar-refractivity contribution in [2.24, 2.45) is 0 Å². The van der Waals surface area contributed by atoms with Crippen LogP contribution in [0.1, 0.15) is 23.2 Å². The van der Waals surface area contributed by atoms with Crippen LogP contribution < -0.4 is 0 Å². The molecule has 2 aromatic carbocycles. The van der Waals surface area contributed by atoms with Gasteiger partial charge in [-0.3, -0.25) is 4.79 Å². The van der Waals surface area contributed by atoms with E-state index in [-0.39, 0.29) is 0 Å². The van der Waals surface area contributed by atoms with Gasteiger partial charge in [-0.1, -0.05) is 30.3 Å². The number of ketones is 1. The standard InChI is InChI=1S/C14H12OS/c15-13-6-3-9-16-14-11-5-2-1-4-10(11)7-8-12(13)14/h1-2,4-5,7-8H,3,6,9H2. The fourth-order valence-corrected chi connectivity index (χ4v) is 3.33. The van der Waals surface area contributed by atoms with Gasteiger partial charge in [0, 0.05) is 16.9 Å². The summed E-state index contributed by atoms with van der Waals surface area (Å²) in [6, 6.07) is 12.3. The number of rotatable bonds is 0. The minimum atomic E-state index is 0.297. The van der Waals surface area contributed by atoms with Crippen LogP contribution in [0.25, 0.3) is 10.8 Å². The Morgan fingerprint density at radius 3 is 2.88 bits per heavy atom. The average molecular weight is 228 g/mol. The van der Waals surface area contributed by atoms with E-state index in [0.29, 0.717) is 12.2 Å². The molecule has 1 aliphatic heterocycles. The zero-order valence-corrected chi connectivity index (χ0v) is 9.72. The highest BCUT2D eigenvalue weighted by Gasteiger charge is 2.17. The number of Topliss-reactive ketones (excluding diaryl/α,β-unsaturated/α-hetero) is 1. The topological polar surface area (TPSA) is 17.1 Å². The van der Waals surface area contributed by atoms with Crippen molar-refractivity contribution in [2.75, 3.05) is 5.75 Å². The summed E-state index contributed by atoms with van der Waals surface area (Å²) in [6.45, 7) is 0. The van der Waals surface area contributed by atoms with Crippen LogP contribution in [0.15, 0.2) is 41.3 Å². The molecule has 1 heterocycles. The normalized spacial score (nSPS) is 15.9. The summed E-state index contributed by atoms with van der Waals surface area (Å²) in [5.41, 5.74) is 0.918. The lowest BCUT2D eigenvalue weighted by Gasteiger charge is -2.08. The van der Waals surface area contributed by atoms with Gasteiger partial charge in [0.25, 0.3) is 0 Å². The van der Waals surface area contributed by atoms with E-state index in [9.17, 15) is 4.79 Å². The minimum Gasteiger partial charge on any atom is -0.294 e. The summed E-state index contributed by atoms with van der Waals surface area (Å²) in [7, 11) is 0. The van der Waals surface area contributed by atoms with Crippen LogP contribution in [0.3, 0.4) is 0 Å². The molecule has 0 radical (unpaired) electrons. The molecule has 0 spiro atoms. The zero-order valence-electron chi connectivity index (χ0n) is 8.90. The molecule has 0 amide bonds. The number of carbonyl (C=O) groups is 1. The molecule has 16 heavy (non-hydrogen) atoms. The molecule has 0 saturated carbocycles. The summed E-state index contributed by atoms with van der Waals surface area (Å²) < 4.78 is 0. The predicted molar refractivity (Wildman–Crippen MR) is 68.2 cm³/mol. The summed E-state index contributed by atoms with van der Waals surface area (Å²) in [5.74, 6) is 1.35. The first-order valence-electron chi connectivity index (χ1n) is 5.54. The van der Waals surface area contributed by atoms with E-state index >= 15 is 0 Å². The zero-order chi connectivity index (χ0) is 11.0. The van der Waals surface area contributed by atoms with Gasteiger partial charge in [0.15, 0.2) is 5.78 Å². The van der Waals surface area contributed by atoms with Gasteiger partial charge in [0.1, 0.15) is 0 Å². The maximum absolute atomic E-state index is 11.9. The first-order chi connectivity index (χ1) is 7.86. The number of hydrogen-bond acceptors (Lipinski definition) is 2. The first kappa shape index (κ1) is 9.91. The van der Waals surface area contributed by atoms with E-state index < -0.39 is 0 Å². The van der Waals surface area contributed by atoms with E-state index in [1.165, 1.54) is 15.7 Å². The van der Waals surface area contributed by atoms with Gasteiger partial charge in [-0.2, -0.15) is 0 Å². The van der Waals surface area contributed by atoms with Crippen LogP contribution >= 0.6 is 11.8 Å². The van der Waals surface area contributed by atoms with Crippen molar-refractivity contribution in [3.8, 4) is 0 Å². The molecular weight excluding hydrogens is 216 g/mol. The molecule has 1 nitrogen and oxygen atoms in total. The molecule has 80 valence electrons. The number of thioether (sulfide) groups is 1. The maximum Gasteiger partial charge on any atom is 0.164 e. The highest BCUT2D eigenvalue weighted by molar-refractivity contribution is 7.99. The second-order valence-electron chi connectivity index (χ2n) is 4.04. The first-order valence-corrected chi connectivity index (χ1v) is 6.52. The quantitative estimate of drug-likeness (QED) is 0.680. The van der Waals surface area contributed by atoms with Crippen molar-refractivity contribution in [3.05, 3.63) is 42.0 Å². The van der Waals surface area contributed by atoms with Crippen LogP contribution in [-0.4, -0.2) is 11.5 Å². The fourth-order valence-electron chi connectivity index (χ4n) is 2.16. The number of benzene rings is 2. The summed E-state index contributed by atoms with van der Waals surface area (Å²) in [6.07, 6.45) is 1.69. The molecule has 1 aliphatic rings. The molecule has 0 aromatic heterocycles. The fraction of sp³-hybridized carbons (Fsp3) is 0.214.